The molecule has 21 heavy (non-hydrogen) atoms. The number of rotatable bonds is 4. The van der Waals surface area contributed by atoms with Crippen molar-refractivity contribution in [1.82, 2.24) is 9.97 Å². The molecule has 0 aliphatic rings. The van der Waals surface area contributed by atoms with Gasteiger partial charge < -0.3 is 10.7 Å². The fourth-order valence-corrected chi connectivity index (χ4v) is 3.78. The van der Waals surface area contributed by atoms with Crippen LogP contribution in [0, 0.1) is 6.92 Å². The smallest absolute Gasteiger partial charge is 0.260 e. The number of benzene rings is 1. The first-order chi connectivity index (χ1) is 10.2. The number of aromatic nitrogens is 2. The van der Waals surface area contributed by atoms with Gasteiger partial charge in [-0.2, -0.15) is 0 Å². The molecule has 0 bridgehead atoms. The van der Waals surface area contributed by atoms with E-state index in [4.69, 9.17) is 5.73 Å². The second kappa shape index (κ2) is 6.01. The number of nitrogens with two attached hydrogens (primary N) is 1. The predicted octanol–water partition coefficient (Wildman–Crippen LogP) is 3.04. The molecule has 2 heterocycles. The van der Waals surface area contributed by atoms with Gasteiger partial charge >= 0.3 is 0 Å². The van der Waals surface area contributed by atoms with Gasteiger partial charge in [0, 0.05) is 17.2 Å². The van der Waals surface area contributed by atoms with Gasteiger partial charge in [0.15, 0.2) is 5.16 Å². The molecule has 3 aromatic rings. The molecule has 2 aromatic heterocycles. The number of thioether (sulfide) groups is 1. The second-order valence-electron chi connectivity index (χ2n) is 4.76. The minimum absolute atomic E-state index is 0.0645. The van der Waals surface area contributed by atoms with Crippen molar-refractivity contribution < 1.29 is 0 Å². The van der Waals surface area contributed by atoms with Gasteiger partial charge in [-0.25, -0.2) is 4.98 Å². The lowest BCUT2D eigenvalue weighted by Gasteiger charge is -2.03. The van der Waals surface area contributed by atoms with Crippen LogP contribution in [-0.4, -0.2) is 9.97 Å². The maximum absolute atomic E-state index is 12.0. The molecule has 108 valence electrons. The number of nitrogens with zero attached hydrogens (tertiary/aromatic N) is 1. The third-order valence-corrected chi connectivity index (χ3v) is 5.03. The van der Waals surface area contributed by atoms with E-state index in [-0.39, 0.29) is 5.56 Å². The topological polar surface area (TPSA) is 71.8 Å². The zero-order valence-corrected chi connectivity index (χ0v) is 13.2. The third-order valence-electron chi connectivity index (χ3n) is 3.14. The van der Waals surface area contributed by atoms with Crippen LogP contribution in [0.15, 0.2) is 40.3 Å². The van der Waals surface area contributed by atoms with E-state index in [0.717, 1.165) is 21.0 Å². The molecule has 0 unspecified atom stereocenters. The molecule has 0 aliphatic carbocycles. The van der Waals surface area contributed by atoms with Crippen LogP contribution in [-0.2, 0) is 12.3 Å². The largest absolute Gasteiger partial charge is 0.326 e. The zero-order valence-electron chi connectivity index (χ0n) is 11.6. The molecule has 6 heteroatoms. The van der Waals surface area contributed by atoms with Gasteiger partial charge in [0.2, 0.25) is 0 Å². The molecule has 0 amide bonds. The van der Waals surface area contributed by atoms with Crippen molar-refractivity contribution in [1.29, 1.82) is 0 Å². The van der Waals surface area contributed by atoms with E-state index in [0.29, 0.717) is 17.1 Å². The second-order valence-corrected chi connectivity index (χ2v) is 6.96. The minimum Gasteiger partial charge on any atom is -0.326 e. The SMILES string of the molecule is Cc1cc2c(=O)[nH]c(SCc3ccc(CN)cc3)nc2s1. The highest BCUT2D eigenvalue weighted by atomic mass is 32.2. The van der Waals surface area contributed by atoms with E-state index >= 15 is 0 Å². The van der Waals surface area contributed by atoms with Gasteiger partial charge in [0.25, 0.3) is 5.56 Å². The van der Waals surface area contributed by atoms with Gasteiger partial charge in [-0.3, -0.25) is 4.79 Å². The lowest BCUT2D eigenvalue weighted by molar-refractivity contribution is 0.979. The molecular weight excluding hydrogens is 302 g/mol. The highest BCUT2D eigenvalue weighted by Gasteiger charge is 2.07. The first kappa shape index (κ1) is 14.3. The number of aromatic amines is 1. The van der Waals surface area contributed by atoms with Crippen molar-refractivity contribution in [3.05, 3.63) is 56.7 Å². The van der Waals surface area contributed by atoms with E-state index in [1.807, 2.05) is 25.1 Å². The average molecular weight is 317 g/mol. The molecular formula is C15H15N3OS2. The first-order valence-corrected chi connectivity index (χ1v) is 8.37. The molecule has 1 aromatic carbocycles. The highest BCUT2D eigenvalue weighted by Crippen LogP contribution is 2.24. The Bertz CT molecular complexity index is 821. The van der Waals surface area contributed by atoms with Crippen LogP contribution in [0.3, 0.4) is 0 Å². The van der Waals surface area contributed by atoms with Crippen molar-refractivity contribution in [3.63, 3.8) is 0 Å². The standard InChI is InChI=1S/C15H15N3OS2/c1-9-6-12-13(19)17-15(18-14(12)21-9)20-8-11-4-2-10(7-16)3-5-11/h2-6H,7-8,16H2,1H3,(H,17,18,19). The van der Waals surface area contributed by atoms with E-state index in [1.54, 1.807) is 11.3 Å². The van der Waals surface area contributed by atoms with Crippen LogP contribution in [0.4, 0.5) is 0 Å². The summed E-state index contributed by atoms with van der Waals surface area (Å²) in [6.07, 6.45) is 0. The number of fused-ring (bicyclic) bond motifs is 1. The number of thiophene rings is 1. The Morgan fingerprint density at radius 1 is 1.29 bits per heavy atom. The van der Waals surface area contributed by atoms with Gasteiger partial charge in [-0.15, -0.1) is 11.3 Å². The Labute approximate surface area is 130 Å². The summed E-state index contributed by atoms with van der Waals surface area (Å²) in [5, 5.41) is 1.34. The molecule has 4 nitrogen and oxygen atoms in total. The van der Waals surface area contributed by atoms with Crippen molar-refractivity contribution in [2.75, 3.05) is 0 Å². The lowest BCUT2D eigenvalue weighted by Crippen LogP contribution is -2.07. The zero-order chi connectivity index (χ0) is 14.8. The Hall–Kier alpha value is -1.63. The summed E-state index contributed by atoms with van der Waals surface area (Å²) in [6.45, 7) is 2.54. The van der Waals surface area contributed by atoms with Crippen LogP contribution < -0.4 is 11.3 Å². The summed E-state index contributed by atoms with van der Waals surface area (Å²) in [7, 11) is 0. The Morgan fingerprint density at radius 2 is 2.00 bits per heavy atom. The molecule has 3 N–H and O–H groups in total. The molecule has 0 radical (unpaired) electrons. The third kappa shape index (κ3) is 3.18. The van der Waals surface area contributed by atoms with Crippen molar-refractivity contribution >= 4 is 33.3 Å². The normalized spacial score (nSPS) is 11.1. The number of hydrogen-bond acceptors (Lipinski definition) is 5. The number of H-pyrrole nitrogens is 1. The molecule has 0 atom stereocenters. The van der Waals surface area contributed by atoms with Crippen LogP contribution in [0.2, 0.25) is 0 Å². The van der Waals surface area contributed by atoms with Crippen LogP contribution in [0.5, 0.6) is 0 Å². The van der Waals surface area contributed by atoms with Crippen molar-refractivity contribution in [3.8, 4) is 0 Å². The van der Waals surface area contributed by atoms with E-state index < -0.39 is 0 Å². The number of nitrogens with one attached hydrogen (secondary N) is 1. The van der Waals surface area contributed by atoms with Crippen molar-refractivity contribution in [2.24, 2.45) is 5.73 Å². The maximum atomic E-state index is 12.0. The number of hydrogen-bond donors (Lipinski definition) is 2. The van der Waals surface area contributed by atoms with Crippen LogP contribution >= 0.6 is 23.1 Å². The minimum atomic E-state index is -0.0645. The summed E-state index contributed by atoms with van der Waals surface area (Å²) in [5.74, 6) is 0.768. The van der Waals surface area contributed by atoms with Gasteiger partial charge in [-0.1, -0.05) is 36.0 Å². The van der Waals surface area contributed by atoms with Gasteiger partial charge in [0.05, 0.1) is 5.39 Å². The van der Waals surface area contributed by atoms with E-state index in [1.165, 1.54) is 17.3 Å². The summed E-state index contributed by atoms with van der Waals surface area (Å²) < 4.78 is 0. The summed E-state index contributed by atoms with van der Waals surface area (Å²) in [6, 6.07) is 10.0. The number of aryl methyl sites for hydroxylation is 1. The van der Waals surface area contributed by atoms with E-state index in [9.17, 15) is 4.79 Å². The quantitative estimate of drug-likeness (QED) is 0.573. The Kier molecular flexibility index (Phi) is 4.10. The van der Waals surface area contributed by atoms with E-state index in [2.05, 4.69) is 22.1 Å². The summed E-state index contributed by atoms with van der Waals surface area (Å²) in [5.41, 5.74) is 7.82. The molecule has 0 spiro atoms. The first-order valence-electron chi connectivity index (χ1n) is 6.57. The molecule has 0 saturated carbocycles. The Balaban J connectivity index is 1.79. The van der Waals surface area contributed by atoms with Crippen LogP contribution in [0.25, 0.3) is 10.2 Å². The molecule has 3 rings (SSSR count). The molecule has 0 aliphatic heterocycles. The fourth-order valence-electron chi connectivity index (χ4n) is 2.02. The van der Waals surface area contributed by atoms with Gasteiger partial charge in [0.1, 0.15) is 4.83 Å². The summed E-state index contributed by atoms with van der Waals surface area (Å²) in [4.78, 5) is 21.2. The molecule has 0 saturated heterocycles. The lowest BCUT2D eigenvalue weighted by atomic mass is 10.1. The van der Waals surface area contributed by atoms with Crippen molar-refractivity contribution in [2.45, 2.75) is 24.4 Å². The Morgan fingerprint density at radius 3 is 2.71 bits per heavy atom. The van der Waals surface area contributed by atoms with Crippen LogP contribution in [0.1, 0.15) is 16.0 Å². The van der Waals surface area contributed by atoms with Gasteiger partial charge in [-0.05, 0) is 24.1 Å². The fraction of sp³-hybridized carbons (Fsp3) is 0.200. The predicted molar refractivity (Wildman–Crippen MR) is 88.9 cm³/mol. The average Bonchev–Trinajstić information content (AvgIpc) is 2.87. The maximum Gasteiger partial charge on any atom is 0.260 e. The molecule has 0 fully saturated rings. The summed E-state index contributed by atoms with van der Waals surface area (Å²) >= 11 is 3.08. The highest BCUT2D eigenvalue weighted by molar-refractivity contribution is 7.98. The monoisotopic (exact) mass is 317 g/mol.